The molecule has 40 heavy (non-hydrogen) atoms. The van der Waals surface area contributed by atoms with Crippen LogP contribution < -0.4 is 15.4 Å². The number of benzene rings is 2. The first kappa shape index (κ1) is 28.4. The molecule has 0 bridgehead atoms. The molecule has 3 amide bonds. The van der Waals surface area contributed by atoms with Gasteiger partial charge in [-0.25, -0.2) is 0 Å². The van der Waals surface area contributed by atoms with Crippen molar-refractivity contribution in [2.75, 3.05) is 19.1 Å². The highest BCUT2D eigenvalue weighted by molar-refractivity contribution is 8.00. The van der Waals surface area contributed by atoms with Crippen molar-refractivity contribution < 1.29 is 29.0 Å². The number of hydrogen-bond donors (Lipinski definition) is 3. The first-order chi connectivity index (χ1) is 19.2. The van der Waals surface area contributed by atoms with Gasteiger partial charge in [-0.1, -0.05) is 48.5 Å². The zero-order chi connectivity index (χ0) is 28.3. The van der Waals surface area contributed by atoms with Crippen LogP contribution in [0.2, 0.25) is 0 Å². The molecule has 0 radical (unpaired) electrons. The standard InChI is InChI=1S/C30H37N3O6S/c1-30(2)26(28(36)31-21-14-16-39-23-12-7-6-11-20(21)23)33(18-40-30)29(37)25(34)22(17-19-9-4-3-5-10-19)32-27(35)24-13-8-15-38-24/h3-7,9-12,21-22,24-26,34H,8,13-18H2,1-2H3,(H,31,36)(H,32,35). The second kappa shape index (κ2) is 12.2. The highest BCUT2D eigenvalue weighted by Gasteiger charge is 2.50. The number of hydrogen-bond acceptors (Lipinski definition) is 7. The molecule has 0 spiro atoms. The van der Waals surface area contributed by atoms with E-state index in [-0.39, 0.29) is 30.2 Å². The third-order valence-corrected chi connectivity index (χ3v) is 9.21. The van der Waals surface area contributed by atoms with Gasteiger partial charge in [0.1, 0.15) is 17.9 Å². The molecule has 0 saturated carbocycles. The van der Waals surface area contributed by atoms with E-state index in [9.17, 15) is 19.5 Å². The second-order valence-corrected chi connectivity index (χ2v) is 12.7. The summed E-state index contributed by atoms with van der Waals surface area (Å²) in [4.78, 5) is 42.0. The van der Waals surface area contributed by atoms with Crippen LogP contribution in [0, 0.1) is 0 Å². The zero-order valence-electron chi connectivity index (χ0n) is 22.9. The van der Waals surface area contributed by atoms with Crippen molar-refractivity contribution in [3.8, 4) is 5.75 Å². The molecule has 5 rings (SSSR count). The van der Waals surface area contributed by atoms with Crippen molar-refractivity contribution in [1.29, 1.82) is 0 Å². The number of fused-ring (bicyclic) bond motifs is 1. The number of aliphatic hydroxyl groups is 1. The van der Waals surface area contributed by atoms with Gasteiger partial charge in [0.05, 0.1) is 24.6 Å². The van der Waals surface area contributed by atoms with Crippen molar-refractivity contribution in [2.45, 2.75) is 74.6 Å². The lowest BCUT2D eigenvalue weighted by Gasteiger charge is -2.35. The van der Waals surface area contributed by atoms with Crippen molar-refractivity contribution in [2.24, 2.45) is 0 Å². The fraction of sp³-hybridized carbons (Fsp3) is 0.500. The Morgan fingerprint density at radius 3 is 2.55 bits per heavy atom. The summed E-state index contributed by atoms with van der Waals surface area (Å²) in [7, 11) is 0. The van der Waals surface area contributed by atoms with Crippen LogP contribution in [0.15, 0.2) is 54.6 Å². The van der Waals surface area contributed by atoms with Gasteiger partial charge in [0.15, 0.2) is 6.10 Å². The molecule has 2 aromatic rings. The van der Waals surface area contributed by atoms with Crippen LogP contribution in [0.25, 0.3) is 0 Å². The van der Waals surface area contributed by atoms with Crippen LogP contribution in [-0.4, -0.2) is 75.9 Å². The molecule has 0 aromatic heterocycles. The summed E-state index contributed by atoms with van der Waals surface area (Å²) in [5.74, 6) is -0.204. The van der Waals surface area contributed by atoms with Gasteiger partial charge in [-0.2, -0.15) is 0 Å². The first-order valence-electron chi connectivity index (χ1n) is 13.8. The fourth-order valence-electron chi connectivity index (χ4n) is 5.67. The third-order valence-electron chi connectivity index (χ3n) is 7.83. The average molecular weight is 568 g/mol. The number of amides is 3. The molecule has 214 valence electrons. The minimum Gasteiger partial charge on any atom is -0.493 e. The minimum absolute atomic E-state index is 0.239. The summed E-state index contributed by atoms with van der Waals surface area (Å²) < 4.78 is 10.7. The molecule has 9 nitrogen and oxygen atoms in total. The van der Waals surface area contributed by atoms with Gasteiger partial charge < -0.3 is 30.1 Å². The molecule has 10 heteroatoms. The van der Waals surface area contributed by atoms with E-state index in [1.54, 1.807) is 0 Å². The van der Waals surface area contributed by atoms with Crippen LogP contribution in [0.3, 0.4) is 0 Å². The molecule has 2 fully saturated rings. The molecule has 3 aliphatic heterocycles. The summed E-state index contributed by atoms with van der Waals surface area (Å²) in [6.45, 7) is 4.86. The Balaban J connectivity index is 1.34. The molecule has 5 unspecified atom stereocenters. The quantitative estimate of drug-likeness (QED) is 0.449. The number of aliphatic hydroxyl groups excluding tert-OH is 1. The Morgan fingerprint density at radius 2 is 1.80 bits per heavy atom. The second-order valence-electron chi connectivity index (χ2n) is 11.1. The molecular formula is C30H37N3O6S. The maximum atomic E-state index is 13.9. The van der Waals surface area contributed by atoms with Crippen LogP contribution in [0.4, 0.5) is 0 Å². The van der Waals surface area contributed by atoms with Crippen LogP contribution in [0.5, 0.6) is 5.75 Å². The van der Waals surface area contributed by atoms with Crippen molar-refractivity contribution >= 4 is 29.5 Å². The van der Waals surface area contributed by atoms with Gasteiger partial charge in [-0.15, -0.1) is 11.8 Å². The average Bonchev–Trinajstić information content (AvgIpc) is 3.60. The summed E-state index contributed by atoms with van der Waals surface area (Å²) in [6.07, 6.45) is 0.127. The Morgan fingerprint density at radius 1 is 1.05 bits per heavy atom. The Hall–Kier alpha value is -3.08. The van der Waals surface area contributed by atoms with Crippen molar-refractivity contribution in [3.05, 3.63) is 65.7 Å². The summed E-state index contributed by atoms with van der Waals surface area (Å²) in [6, 6.07) is 15.1. The molecule has 3 N–H and O–H groups in total. The zero-order valence-corrected chi connectivity index (χ0v) is 23.7. The Labute approximate surface area is 239 Å². The van der Waals surface area contributed by atoms with E-state index in [2.05, 4.69) is 10.6 Å². The maximum Gasteiger partial charge on any atom is 0.254 e. The highest BCUT2D eigenvalue weighted by Crippen LogP contribution is 2.41. The largest absolute Gasteiger partial charge is 0.493 e. The van der Waals surface area contributed by atoms with Gasteiger partial charge in [-0.3, -0.25) is 14.4 Å². The first-order valence-corrected chi connectivity index (χ1v) is 14.8. The minimum atomic E-state index is -1.54. The van der Waals surface area contributed by atoms with Crippen molar-refractivity contribution in [3.63, 3.8) is 0 Å². The lowest BCUT2D eigenvalue weighted by atomic mass is 9.95. The monoisotopic (exact) mass is 567 g/mol. The SMILES string of the molecule is CC1(C)SCN(C(=O)C(O)C(Cc2ccccc2)NC(=O)C2CCCO2)C1C(=O)NC1CCOc2ccccc21. The Kier molecular flexibility index (Phi) is 8.68. The maximum absolute atomic E-state index is 13.9. The van der Waals surface area contributed by atoms with Crippen LogP contribution >= 0.6 is 11.8 Å². The van der Waals surface area contributed by atoms with Gasteiger partial charge in [0.2, 0.25) is 11.8 Å². The molecule has 5 atom stereocenters. The lowest BCUT2D eigenvalue weighted by Crippen LogP contribution is -2.59. The summed E-state index contributed by atoms with van der Waals surface area (Å²) >= 11 is 1.49. The number of nitrogens with zero attached hydrogens (tertiary/aromatic N) is 1. The topological polar surface area (TPSA) is 117 Å². The summed E-state index contributed by atoms with van der Waals surface area (Å²) in [5, 5.41) is 17.4. The molecule has 2 saturated heterocycles. The highest BCUT2D eigenvalue weighted by atomic mass is 32.2. The van der Waals surface area contributed by atoms with Gasteiger partial charge in [-0.05, 0) is 44.7 Å². The van der Waals surface area contributed by atoms with Gasteiger partial charge in [0, 0.05) is 23.3 Å². The van der Waals surface area contributed by atoms with Crippen LogP contribution in [-0.2, 0) is 25.5 Å². The molecular weight excluding hydrogens is 530 g/mol. The number of para-hydroxylation sites is 1. The predicted octanol–water partition coefficient (Wildman–Crippen LogP) is 2.57. The van der Waals surface area contributed by atoms with E-state index in [0.29, 0.717) is 26.1 Å². The number of nitrogens with one attached hydrogen (secondary N) is 2. The molecule has 3 aliphatic rings. The van der Waals surface area contributed by atoms with Crippen LogP contribution in [0.1, 0.15) is 50.3 Å². The number of carbonyl (C=O) groups excluding carboxylic acids is 3. The van der Waals surface area contributed by atoms with E-state index in [4.69, 9.17) is 9.47 Å². The predicted molar refractivity (Wildman–Crippen MR) is 152 cm³/mol. The van der Waals surface area contributed by atoms with E-state index in [1.165, 1.54) is 16.7 Å². The third kappa shape index (κ3) is 6.14. The summed E-state index contributed by atoms with van der Waals surface area (Å²) in [5.41, 5.74) is 1.78. The molecule has 3 heterocycles. The number of ether oxygens (including phenoxy) is 2. The molecule has 0 aliphatic carbocycles. The van der Waals surface area contributed by atoms with E-state index < -0.39 is 34.9 Å². The number of thioether (sulfide) groups is 1. The van der Waals surface area contributed by atoms with E-state index in [0.717, 1.165) is 23.3 Å². The van der Waals surface area contributed by atoms with Crippen molar-refractivity contribution in [1.82, 2.24) is 15.5 Å². The number of carbonyl (C=O) groups is 3. The Bertz CT molecular complexity index is 1220. The lowest BCUT2D eigenvalue weighted by molar-refractivity contribution is -0.148. The molecule has 2 aromatic carbocycles. The van der Waals surface area contributed by atoms with E-state index in [1.807, 2.05) is 68.4 Å². The smallest absolute Gasteiger partial charge is 0.254 e. The van der Waals surface area contributed by atoms with Gasteiger partial charge in [0.25, 0.3) is 5.91 Å². The fourth-order valence-corrected chi connectivity index (χ4v) is 6.81. The van der Waals surface area contributed by atoms with E-state index >= 15 is 0 Å². The van der Waals surface area contributed by atoms with Gasteiger partial charge >= 0.3 is 0 Å². The number of rotatable bonds is 8. The normalized spacial score (nSPS) is 24.9.